The van der Waals surface area contributed by atoms with Crippen molar-refractivity contribution in [2.75, 3.05) is 7.11 Å². The van der Waals surface area contributed by atoms with Crippen molar-refractivity contribution in [2.24, 2.45) is 0 Å². The van der Waals surface area contributed by atoms with Crippen LogP contribution in [0.3, 0.4) is 0 Å². The topological polar surface area (TPSA) is 50.8 Å². The van der Waals surface area contributed by atoms with Gasteiger partial charge < -0.3 is 9.72 Å². The third kappa shape index (κ3) is 3.75. The van der Waals surface area contributed by atoms with Crippen LogP contribution in [0.4, 0.5) is 13.2 Å². The molecule has 4 aromatic rings. The monoisotopic (exact) mass is 437 g/mol. The van der Waals surface area contributed by atoms with Gasteiger partial charge in [0.15, 0.2) is 0 Å². The van der Waals surface area contributed by atoms with Gasteiger partial charge in [-0.1, -0.05) is 35.3 Å². The van der Waals surface area contributed by atoms with Crippen molar-refractivity contribution in [3.63, 3.8) is 0 Å². The number of imidazole rings is 1. The molecule has 2 aromatic carbocycles. The largest absolute Gasteiger partial charge is 0.497 e. The molecule has 0 aliphatic carbocycles. The van der Waals surface area contributed by atoms with Crippen molar-refractivity contribution < 1.29 is 17.9 Å². The Hall–Kier alpha value is -2.77. The number of nitrogens with zero attached hydrogens (tertiary/aromatic N) is 2. The van der Waals surface area contributed by atoms with Crippen LogP contribution in [-0.2, 0) is 6.18 Å². The molecule has 0 aliphatic heterocycles. The number of ether oxygens (including phenoxy) is 1. The van der Waals surface area contributed by atoms with Gasteiger partial charge in [-0.05, 0) is 24.3 Å². The highest BCUT2D eigenvalue weighted by Crippen LogP contribution is 2.37. The maximum Gasteiger partial charge on any atom is 0.417 e. The SMILES string of the molecule is COc1ccc2nc(-c3ccc(-c4ncc(C(F)(F)F)cc4Cl)c(Cl)c3)[nH]c2c1. The minimum Gasteiger partial charge on any atom is -0.497 e. The predicted molar refractivity (Wildman–Crippen MR) is 106 cm³/mol. The second-order valence-corrected chi connectivity index (χ2v) is 7.03. The molecule has 4 nitrogen and oxygen atoms in total. The third-order valence-electron chi connectivity index (χ3n) is 4.36. The lowest BCUT2D eigenvalue weighted by Gasteiger charge is -2.11. The highest BCUT2D eigenvalue weighted by molar-refractivity contribution is 6.36. The highest BCUT2D eigenvalue weighted by Gasteiger charge is 2.31. The molecule has 0 saturated carbocycles. The Morgan fingerprint density at radius 2 is 1.79 bits per heavy atom. The fraction of sp³-hybridized carbons (Fsp3) is 0.100. The minimum absolute atomic E-state index is 0.134. The summed E-state index contributed by atoms with van der Waals surface area (Å²) in [4.78, 5) is 11.6. The zero-order chi connectivity index (χ0) is 20.8. The lowest BCUT2D eigenvalue weighted by atomic mass is 10.1. The van der Waals surface area contributed by atoms with Gasteiger partial charge in [0.25, 0.3) is 0 Å². The van der Waals surface area contributed by atoms with E-state index in [1.807, 2.05) is 12.1 Å². The fourth-order valence-electron chi connectivity index (χ4n) is 2.90. The number of halogens is 5. The van der Waals surface area contributed by atoms with Crippen molar-refractivity contribution in [3.8, 4) is 28.4 Å². The molecule has 0 radical (unpaired) electrons. The van der Waals surface area contributed by atoms with Crippen LogP contribution in [0.15, 0.2) is 48.7 Å². The Morgan fingerprint density at radius 1 is 1.00 bits per heavy atom. The standard InChI is InChI=1S/C20H12Cl2F3N3O/c1-29-12-3-5-16-17(8-12)28-19(27-16)10-2-4-13(14(21)6-10)18-15(22)7-11(9-26-18)20(23,24)25/h2-9H,1H3,(H,27,28). The lowest BCUT2D eigenvalue weighted by Crippen LogP contribution is -2.05. The number of aromatic nitrogens is 3. The Balaban J connectivity index is 1.72. The number of methoxy groups -OCH3 is 1. The molecule has 2 aromatic heterocycles. The van der Waals surface area contributed by atoms with Crippen LogP contribution in [0.5, 0.6) is 5.75 Å². The third-order valence-corrected chi connectivity index (χ3v) is 4.96. The zero-order valence-corrected chi connectivity index (χ0v) is 16.3. The van der Waals surface area contributed by atoms with Crippen LogP contribution in [0.25, 0.3) is 33.7 Å². The number of hydrogen-bond donors (Lipinski definition) is 1. The van der Waals surface area contributed by atoms with Gasteiger partial charge >= 0.3 is 6.18 Å². The van der Waals surface area contributed by atoms with E-state index in [0.717, 1.165) is 23.3 Å². The maximum absolute atomic E-state index is 12.8. The van der Waals surface area contributed by atoms with Crippen molar-refractivity contribution in [2.45, 2.75) is 6.18 Å². The van der Waals surface area contributed by atoms with Gasteiger partial charge in [-0.2, -0.15) is 13.2 Å². The Morgan fingerprint density at radius 3 is 2.45 bits per heavy atom. The molecule has 2 heterocycles. The quantitative estimate of drug-likeness (QED) is 0.391. The summed E-state index contributed by atoms with van der Waals surface area (Å²) in [6, 6.07) is 11.3. The van der Waals surface area contributed by atoms with Crippen LogP contribution in [0.2, 0.25) is 10.0 Å². The van der Waals surface area contributed by atoms with Crippen LogP contribution in [0.1, 0.15) is 5.56 Å². The van der Waals surface area contributed by atoms with Crippen LogP contribution in [-0.4, -0.2) is 22.1 Å². The van der Waals surface area contributed by atoms with Crippen molar-refractivity contribution in [1.29, 1.82) is 0 Å². The summed E-state index contributed by atoms with van der Waals surface area (Å²) in [5, 5.41) is 0.153. The van der Waals surface area contributed by atoms with Crippen LogP contribution >= 0.6 is 23.2 Å². The first-order valence-corrected chi connectivity index (χ1v) is 9.08. The van der Waals surface area contributed by atoms with Crippen molar-refractivity contribution in [1.82, 2.24) is 15.0 Å². The molecule has 0 fully saturated rings. The molecule has 148 valence electrons. The molecule has 1 N–H and O–H groups in total. The molecule has 0 unspecified atom stereocenters. The molecule has 0 atom stereocenters. The van der Waals surface area contributed by atoms with Crippen molar-refractivity contribution >= 4 is 34.2 Å². The smallest absolute Gasteiger partial charge is 0.417 e. The number of hydrogen-bond acceptors (Lipinski definition) is 3. The van der Waals surface area contributed by atoms with E-state index in [1.54, 1.807) is 31.4 Å². The minimum atomic E-state index is -4.52. The first kappa shape index (κ1) is 19.5. The molecule has 0 spiro atoms. The van der Waals surface area contributed by atoms with Crippen LogP contribution < -0.4 is 4.74 Å². The first-order valence-electron chi connectivity index (χ1n) is 8.33. The van der Waals surface area contributed by atoms with E-state index in [-0.39, 0.29) is 15.7 Å². The normalized spacial score (nSPS) is 11.8. The van der Waals surface area contributed by atoms with Gasteiger partial charge in [-0.15, -0.1) is 0 Å². The number of fused-ring (bicyclic) bond motifs is 1. The summed E-state index contributed by atoms with van der Waals surface area (Å²) in [5.41, 5.74) is 1.94. The molecule has 9 heteroatoms. The van der Waals surface area contributed by atoms with Gasteiger partial charge in [0, 0.05) is 23.4 Å². The lowest BCUT2D eigenvalue weighted by molar-refractivity contribution is -0.137. The van der Waals surface area contributed by atoms with Crippen LogP contribution in [0, 0.1) is 0 Å². The predicted octanol–water partition coefficient (Wildman–Crippen LogP) is 6.63. The van der Waals surface area contributed by atoms with Gasteiger partial charge in [-0.3, -0.25) is 4.98 Å². The van der Waals surface area contributed by atoms with Gasteiger partial charge in [-0.25, -0.2) is 4.98 Å². The van der Waals surface area contributed by atoms with E-state index in [0.29, 0.717) is 22.7 Å². The highest BCUT2D eigenvalue weighted by atomic mass is 35.5. The zero-order valence-electron chi connectivity index (χ0n) is 14.8. The summed E-state index contributed by atoms with van der Waals surface area (Å²) in [5.74, 6) is 1.29. The Bertz CT molecular complexity index is 1220. The van der Waals surface area contributed by atoms with E-state index in [4.69, 9.17) is 27.9 Å². The average molecular weight is 438 g/mol. The summed E-state index contributed by atoms with van der Waals surface area (Å²) < 4.78 is 43.6. The van der Waals surface area contributed by atoms with Gasteiger partial charge in [0.05, 0.1) is 39.4 Å². The maximum atomic E-state index is 12.8. The summed E-state index contributed by atoms with van der Waals surface area (Å²) in [6.45, 7) is 0. The van der Waals surface area contributed by atoms with E-state index in [9.17, 15) is 13.2 Å². The Kier molecular flexibility index (Phi) is 4.88. The Labute approximate surface area is 173 Å². The number of alkyl halides is 3. The molecule has 0 bridgehead atoms. The van der Waals surface area contributed by atoms with E-state index in [1.165, 1.54) is 0 Å². The number of H-pyrrole nitrogens is 1. The van der Waals surface area contributed by atoms with E-state index >= 15 is 0 Å². The summed E-state index contributed by atoms with van der Waals surface area (Å²) in [6.07, 6.45) is -3.79. The molecule has 4 rings (SSSR count). The summed E-state index contributed by atoms with van der Waals surface area (Å²) >= 11 is 12.4. The number of aromatic amines is 1. The second-order valence-electron chi connectivity index (χ2n) is 6.22. The van der Waals surface area contributed by atoms with Crippen molar-refractivity contribution in [3.05, 3.63) is 64.3 Å². The molecule has 0 saturated heterocycles. The second kappa shape index (κ2) is 7.24. The first-order chi connectivity index (χ1) is 13.8. The fourth-order valence-corrected chi connectivity index (χ4v) is 3.44. The molecular formula is C20H12Cl2F3N3O. The van der Waals surface area contributed by atoms with Gasteiger partial charge in [0.1, 0.15) is 11.6 Å². The summed E-state index contributed by atoms with van der Waals surface area (Å²) in [7, 11) is 1.58. The molecular weight excluding hydrogens is 426 g/mol. The average Bonchev–Trinajstić information content (AvgIpc) is 3.10. The number of pyridine rings is 1. The number of benzene rings is 2. The van der Waals surface area contributed by atoms with E-state index < -0.39 is 11.7 Å². The van der Waals surface area contributed by atoms with E-state index in [2.05, 4.69) is 15.0 Å². The molecule has 29 heavy (non-hydrogen) atoms. The van der Waals surface area contributed by atoms with Gasteiger partial charge in [0.2, 0.25) is 0 Å². The molecule has 0 aliphatic rings. The number of nitrogens with one attached hydrogen (secondary N) is 1. The molecule has 0 amide bonds. The number of rotatable bonds is 3.